The maximum atomic E-state index is 12.0. The van der Waals surface area contributed by atoms with Gasteiger partial charge in [-0.25, -0.2) is 4.98 Å². The molecule has 0 saturated carbocycles. The number of aromatic nitrogens is 1. The Morgan fingerprint density at radius 3 is 2.96 bits per heavy atom. The minimum absolute atomic E-state index is 0.194. The van der Waals surface area contributed by atoms with Crippen molar-refractivity contribution < 1.29 is 18.7 Å². The number of carbonyl (C=O) groups excluding carboxylic acids is 2. The molecule has 116 valence electrons. The lowest BCUT2D eigenvalue weighted by atomic mass is 10.2. The van der Waals surface area contributed by atoms with Crippen LogP contribution in [0.4, 0.5) is 5.69 Å². The summed E-state index contributed by atoms with van der Waals surface area (Å²) >= 11 is 0. The minimum Gasteiger partial charge on any atom is -0.483 e. The maximum absolute atomic E-state index is 12.0. The Labute approximate surface area is 132 Å². The molecule has 3 rings (SSSR count). The fourth-order valence-corrected chi connectivity index (χ4v) is 2.17. The summed E-state index contributed by atoms with van der Waals surface area (Å²) in [6.45, 7) is 1.57. The molecule has 23 heavy (non-hydrogen) atoms. The van der Waals surface area contributed by atoms with E-state index in [2.05, 4.69) is 10.3 Å². The van der Waals surface area contributed by atoms with Gasteiger partial charge in [-0.1, -0.05) is 12.1 Å². The van der Waals surface area contributed by atoms with Crippen molar-refractivity contribution in [2.45, 2.75) is 6.92 Å². The Bertz CT molecular complexity index is 870. The molecule has 2 aromatic carbocycles. The van der Waals surface area contributed by atoms with E-state index in [9.17, 15) is 9.59 Å². The van der Waals surface area contributed by atoms with Crippen LogP contribution in [0, 0.1) is 6.92 Å². The molecule has 0 fully saturated rings. The van der Waals surface area contributed by atoms with Crippen LogP contribution in [0.1, 0.15) is 16.2 Å². The number of oxazole rings is 1. The van der Waals surface area contributed by atoms with E-state index >= 15 is 0 Å². The molecule has 0 atom stereocenters. The SMILES string of the molecule is Cc1nc2cc(NC(=O)COc3ccccc3C=O)ccc2o1. The second-order valence-electron chi connectivity index (χ2n) is 4.91. The summed E-state index contributed by atoms with van der Waals surface area (Å²) in [6, 6.07) is 11.9. The molecule has 6 heteroatoms. The lowest BCUT2D eigenvalue weighted by Gasteiger charge is -2.08. The Morgan fingerprint density at radius 1 is 1.30 bits per heavy atom. The predicted molar refractivity (Wildman–Crippen MR) is 84.7 cm³/mol. The number of hydrogen-bond donors (Lipinski definition) is 1. The number of anilines is 1. The third-order valence-corrected chi connectivity index (χ3v) is 3.18. The quantitative estimate of drug-likeness (QED) is 0.733. The number of hydrogen-bond acceptors (Lipinski definition) is 5. The Morgan fingerprint density at radius 2 is 2.13 bits per heavy atom. The number of ether oxygens (including phenoxy) is 1. The predicted octanol–water partition coefficient (Wildman–Crippen LogP) is 2.97. The van der Waals surface area contributed by atoms with E-state index in [1.165, 1.54) is 0 Å². The zero-order valence-corrected chi connectivity index (χ0v) is 12.4. The normalized spacial score (nSPS) is 10.5. The van der Waals surface area contributed by atoms with Crippen LogP contribution in [0.2, 0.25) is 0 Å². The molecule has 0 bridgehead atoms. The highest BCUT2D eigenvalue weighted by Crippen LogP contribution is 2.20. The van der Waals surface area contributed by atoms with E-state index in [0.29, 0.717) is 40.3 Å². The number of aryl methyl sites for hydroxylation is 1. The van der Waals surface area contributed by atoms with Crippen LogP contribution in [-0.2, 0) is 4.79 Å². The van der Waals surface area contributed by atoms with Crippen molar-refractivity contribution >= 4 is 29.0 Å². The van der Waals surface area contributed by atoms with Gasteiger partial charge in [-0.3, -0.25) is 9.59 Å². The van der Waals surface area contributed by atoms with Crippen molar-refractivity contribution in [3.63, 3.8) is 0 Å². The van der Waals surface area contributed by atoms with E-state index in [0.717, 1.165) is 0 Å². The van der Waals surface area contributed by atoms with Gasteiger partial charge in [0.25, 0.3) is 5.91 Å². The fourth-order valence-electron chi connectivity index (χ4n) is 2.17. The zero-order valence-electron chi connectivity index (χ0n) is 12.4. The van der Waals surface area contributed by atoms with Gasteiger partial charge >= 0.3 is 0 Å². The number of carbonyl (C=O) groups is 2. The van der Waals surface area contributed by atoms with Crippen LogP contribution < -0.4 is 10.1 Å². The highest BCUT2D eigenvalue weighted by molar-refractivity contribution is 5.93. The first kappa shape index (κ1) is 14.8. The molecular formula is C17H14N2O4. The summed E-state index contributed by atoms with van der Waals surface area (Å²) in [5, 5.41) is 2.72. The van der Waals surface area contributed by atoms with Crippen LogP contribution in [0.3, 0.4) is 0 Å². The number of benzene rings is 2. The largest absolute Gasteiger partial charge is 0.483 e. The molecule has 0 aliphatic rings. The number of rotatable bonds is 5. The van der Waals surface area contributed by atoms with Crippen LogP contribution in [0.5, 0.6) is 5.75 Å². The van der Waals surface area contributed by atoms with Crippen molar-refractivity contribution in [2.24, 2.45) is 0 Å². The molecule has 0 unspecified atom stereocenters. The number of aldehydes is 1. The van der Waals surface area contributed by atoms with Crippen LogP contribution in [0.25, 0.3) is 11.1 Å². The summed E-state index contributed by atoms with van der Waals surface area (Å²) in [5.74, 6) is 0.614. The van der Waals surface area contributed by atoms with Gasteiger partial charge in [0, 0.05) is 12.6 Å². The monoisotopic (exact) mass is 310 g/mol. The molecule has 3 aromatic rings. The zero-order chi connectivity index (χ0) is 16.2. The maximum Gasteiger partial charge on any atom is 0.262 e. The molecule has 0 spiro atoms. The second kappa shape index (κ2) is 6.31. The van der Waals surface area contributed by atoms with E-state index < -0.39 is 0 Å². The van der Waals surface area contributed by atoms with Gasteiger partial charge < -0.3 is 14.5 Å². The lowest BCUT2D eigenvalue weighted by molar-refractivity contribution is -0.118. The number of para-hydroxylation sites is 1. The molecular weight excluding hydrogens is 296 g/mol. The van der Waals surface area contributed by atoms with Crippen molar-refractivity contribution in [3.05, 3.63) is 53.9 Å². The molecule has 6 nitrogen and oxygen atoms in total. The first-order valence-corrected chi connectivity index (χ1v) is 7.00. The average Bonchev–Trinajstić information content (AvgIpc) is 2.92. The fraction of sp³-hybridized carbons (Fsp3) is 0.118. The number of amides is 1. The second-order valence-corrected chi connectivity index (χ2v) is 4.91. The smallest absolute Gasteiger partial charge is 0.262 e. The van der Waals surface area contributed by atoms with Gasteiger partial charge in [-0.05, 0) is 30.3 Å². The standard InChI is InChI=1S/C17H14N2O4/c1-11-18-14-8-13(6-7-16(14)23-11)19-17(21)10-22-15-5-3-2-4-12(15)9-20/h2-9H,10H2,1H3,(H,19,21). The van der Waals surface area contributed by atoms with E-state index in [1.54, 1.807) is 49.4 Å². The number of nitrogens with zero attached hydrogens (tertiary/aromatic N) is 1. The van der Waals surface area contributed by atoms with E-state index in [-0.39, 0.29) is 12.5 Å². The van der Waals surface area contributed by atoms with Crippen molar-refractivity contribution in [1.29, 1.82) is 0 Å². The molecule has 1 heterocycles. The topological polar surface area (TPSA) is 81.4 Å². The summed E-state index contributed by atoms with van der Waals surface area (Å²) in [6.07, 6.45) is 0.689. The van der Waals surface area contributed by atoms with Gasteiger partial charge in [0.05, 0.1) is 5.56 Å². The summed E-state index contributed by atoms with van der Waals surface area (Å²) in [5.41, 5.74) is 2.34. The Kier molecular flexibility index (Phi) is 4.05. The van der Waals surface area contributed by atoms with E-state index in [1.807, 2.05) is 0 Å². The molecule has 0 saturated heterocycles. The lowest BCUT2D eigenvalue weighted by Crippen LogP contribution is -2.20. The first-order chi connectivity index (χ1) is 11.2. The molecule has 1 amide bonds. The first-order valence-electron chi connectivity index (χ1n) is 7.00. The molecule has 1 N–H and O–H groups in total. The van der Waals surface area contributed by atoms with Gasteiger partial charge in [0.1, 0.15) is 11.3 Å². The van der Waals surface area contributed by atoms with Gasteiger partial charge in [-0.15, -0.1) is 0 Å². The Balaban J connectivity index is 1.65. The summed E-state index contributed by atoms with van der Waals surface area (Å²) in [4.78, 5) is 27.1. The Hall–Kier alpha value is -3.15. The summed E-state index contributed by atoms with van der Waals surface area (Å²) in [7, 11) is 0. The average molecular weight is 310 g/mol. The molecule has 0 radical (unpaired) electrons. The van der Waals surface area contributed by atoms with Crippen molar-refractivity contribution in [1.82, 2.24) is 4.98 Å². The molecule has 0 aliphatic heterocycles. The van der Waals surface area contributed by atoms with Crippen molar-refractivity contribution in [2.75, 3.05) is 11.9 Å². The van der Waals surface area contributed by atoms with Crippen molar-refractivity contribution in [3.8, 4) is 5.75 Å². The summed E-state index contributed by atoms with van der Waals surface area (Å²) < 4.78 is 10.8. The number of nitrogens with one attached hydrogen (secondary N) is 1. The third-order valence-electron chi connectivity index (χ3n) is 3.18. The van der Waals surface area contributed by atoms with Crippen LogP contribution in [0.15, 0.2) is 46.9 Å². The molecule has 1 aromatic heterocycles. The molecule has 0 aliphatic carbocycles. The number of fused-ring (bicyclic) bond motifs is 1. The minimum atomic E-state index is -0.328. The highest BCUT2D eigenvalue weighted by Gasteiger charge is 2.08. The van der Waals surface area contributed by atoms with Gasteiger partial charge in [-0.2, -0.15) is 0 Å². The van der Waals surface area contributed by atoms with E-state index in [4.69, 9.17) is 9.15 Å². The van der Waals surface area contributed by atoms with Crippen LogP contribution >= 0.6 is 0 Å². The van der Waals surface area contributed by atoms with Gasteiger partial charge in [0.15, 0.2) is 24.4 Å². The highest BCUT2D eigenvalue weighted by atomic mass is 16.5. The van der Waals surface area contributed by atoms with Crippen LogP contribution in [-0.4, -0.2) is 23.8 Å². The third kappa shape index (κ3) is 3.37. The van der Waals surface area contributed by atoms with Gasteiger partial charge in [0.2, 0.25) is 0 Å².